The molecule has 28 heavy (non-hydrogen) atoms. The fraction of sp³-hybridized carbons (Fsp3) is 0.190. The lowest BCUT2D eigenvalue weighted by Gasteiger charge is -2.19. The molecule has 3 aromatic carbocycles. The number of sulfonamides is 1. The van der Waals surface area contributed by atoms with Crippen molar-refractivity contribution in [3.63, 3.8) is 0 Å². The zero-order valence-corrected chi connectivity index (χ0v) is 16.8. The third-order valence-corrected chi connectivity index (χ3v) is 6.26. The van der Waals surface area contributed by atoms with E-state index in [0.717, 1.165) is 16.3 Å². The van der Waals surface area contributed by atoms with E-state index in [1.54, 1.807) is 7.05 Å². The van der Waals surface area contributed by atoms with Gasteiger partial charge in [-0.2, -0.15) is 4.31 Å². The smallest absolute Gasteiger partial charge is 0.243 e. The first-order valence-corrected chi connectivity index (χ1v) is 10.2. The van der Waals surface area contributed by atoms with Crippen molar-refractivity contribution in [3.05, 3.63) is 66.2 Å². The van der Waals surface area contributed by atoms with Gasteiger partial charge in [-0.1, -0.05) is 42.5 Å². The summed E-state index contributed by atoms with van der Waals surface area (Å²) in [5, 5.41) is 4.68. The maximum absolute atomic E-state index is 13.1. The number of methoxy groups -OCH3 is 1. The van der Waals surface area contributed by atoms with Gasteiger partial charge in [-0.05, 0) is 34.5 Å². The molecular weight excluding hydrogens is 376 g/mol. The second-order valence-corrected chi connectivity index (χ2v) is 8.49. The molecule has 146 valence electrons. The van der Waals surface area contributed by atoms with Crippen LogP contribution >= 0.6 is 0 Å². The highest BCUT2D eigenvalue weighted by molar-refractivity contribution is 7.89. The maximum atomic E-state index is 13.1. The second kappa shape index (κ2) is 8.00. The Morgan fingerprint density at radius 3 is 2.50 bits per heavy atom. The minimum Gasteiger partial charge on any atom is -0.495 e. The molecule has 0 aliphatic rings. The molecule has 0 saturated heterocycles. The Hall–Kier alpha value is -2.90. The van der Waals surface area contributed by atoms with Gasteiger partial charge in [0.2, 0.25) is 15.9 Å². The number of nitrogens with zero attached hydrogens (tertiary/aromatic N) is 1. The summed E-state index contributed by atoms with van der Waals surface area (Å²) < 4.78 is 32.7. The molecule has 1 N–H and O–H groups in total. The maximum Gasteiger partial charge on any atom is 0.243 e. The monoisotopic (exact) mass is 398 g/mol. The molecule has 0 radical (unpaired) electrons. The summed E-state index contributed by atoms with van der Waals surface area (Å²) in [5.74, 6) is 0.0859. The molecule has 7 heteroatoms. The predicted octanol–water partition coefficient (Wildman–Crippen LogP) is 3.63. The second-order valence-electron chi connectivity index (χ2n) is 6.44. The molecule has 0 saturated carbocycles. The number of ether oxygens (including phenoxy) is 1. The van der Waals surface area contributed by atoms with Crippen LogP contribution in [0.4, 0.5) is 5.69 Å². The van der Waals surface area contributed by atoms with Gasteiger partial charge >= 0.3 is 0 Å². The average molecular weight is 398 g/mol. The van der Waals surface area contributed by atoms with Gasteiger partial charge in [0.25, 0.3) is 0 Å². The molecule has 1 amide bonds. The van der Waals surface area contributed by atoms with E-state index in [0.29, 0.717) is 11.4 Å². The van der Waals surface area contributed by atoms with Crippen molar-refractivity contribution < 1.29 is 17.9 Å². The van der Waals surface area contributed by atoms with Crippen LogP contribution in [0.5, 0.6) is 5.75 Å². The summed E-state index contributed by atoms with van der Waals surface area (Å²) in [6, 6.07) is 18.1. The van der Waals surface area contributed by atoms with E-state index < -0.39 is 10.0 Å². The van der Waals surface area contributed by atoms with Crippen LogP contribution < -0.4 is 10.1 Å². The number of hydrogen-bond acceptors (Lipinski definition) is 4. The minimum absolute atomic E-state index is 0.0831. The summed E-state index contributed by atoms with van der Waals surface area (Å²) in [7, 11) is -0.762. The molecule has 0 bridgehead atoms. The van der Waals surface area contributed by atoms with Crippen molar-refractivity contribution in [1.29, 1.82) is 0 Å². The lowest BCUT2D eigenvalue weighted by molar-refractivity contribution is -0.114. The number of nitrogens with one attached hydrogen (secondary N) is 1. The molecule has 0 aliphatic heterocycles. The zero-order valence-electron chi connectivity index (χ0n) is 16.0. The topological polar surface area (TPSA) is 75.7 Å². The van der Waals surface area contributed by atoms with Crippen LogP contribution in [0.1, 0.15) is 12.5 Å². The summed E-state index contributed by atoms with van der Waals surface area (Å²) in [5.41, 5.74) is 1.23. The Morgan fingerprint density at radius 2 is 1.79 bits per heavy atom. The lowest BCUT2D eigenvalue weighted by atomic mass is 10.0. The first kappa shape index (κ1) is 19.9. The highest BCUT2D eigenvalue weighted by Crippen LogP contribution is 2.29. The van der Waals surface area contributed by atoms with Crippen LogP contribution in [0, 0.1) is 0 Å². The lowest BCUT2D eigenvalue weighted by Crippen LogP contribution is -2.26. The first-order chi connectivity index (χ1) is 13.3. The molecule has 6 nitrogen and oxygen atoms in total. The average Bonchev–Trinajstić information content (AvgIpc) is 2.67. The van der Waals surface area contributed by atoms with Crippen molar-refractivity contribution >= 4 is 32.4 Å². The number of carbonyl (C=O) groups is 1. The SMILES string of the molecule is COc1ccc(S(=O)(=O)N(C)Cc2cccc3ccccc23)cc1NC(C)=O. The highest BCUT2D eigenvalue weighted by atomic mass is 32.2. The van der Waals surface area contributed by atoms with Crippen LogP contribution in [0.3, 0.4) is 0 Å². The molecule has 0 fully saturated rings. The summed E-state index contributed by atoms with van der Waals surface area (Å²) in [6.07, 6.45) is 0. The third kappa shape index (κ3) is 4.00. The van der Waals surface area contributed by atoms with Crippen LogP contribution in [-0.4, -0.2) is 32.8 Å². The van der Waals surface area contributed by atoms with Gasteiger partial charge in [0, 0.05) is 20.5 Å². The Kier molecular flexibility index (Phi) is 5.67. The van der Waals surface area contributed by atoms with Gasteiger partial charge in [0.1, 0.15) is 5.75 Å². The molecule has 0 aliphatic carbocycles. The Morgan fingerprint density at radius 1 is 1.07 bits per heavy atom. The molecule has 0 aromatic heterocycles. The number of benzene rings is 3. The first-order valence-electron chi connectivity index (χ1n) is 8.71. The Bertz CT molecular complexity index is 1120. The van der Waals surface area contributed by atoms with Gasteiger partial charge in [0.15, 0.2) is 0 Å². The van der Waals surface area contributed by atoms with E-state index >= 15 is 0 Å². The Labute approximate surface area is 164 Å². The van der Waals surface area contributed by atoms with Crippen molar-refractivity contribution in [1.82, 2.24) is 4.31 Å². The van der Waals surface area contributed by atoms with E-state index in [-0.39, 0.29) is 17.3 Å². The zero-order chi connectivity index (χ0) is 20.3. The summed E-state index contributed by atoms with van der Waals surface area (Å²) >= 11 is 0. The normalized spacial score (nSPS) is 11.6. The van der Waals surface area contributed by atoms with Crippen molar-refractivity contribution in [3.8, 4) is 5.75 Å². The third-order valence-electron chi connectivity index (χ3n) is 4.46. The van der Waals surface area contributed by atoms with Crippen LogP contribution in [0.25, 0.3) is 10.8 Å². The summed E-state index contributed by atoms with van der Waals surface area (Å²) in [4.78, 5) is 11.5. The van der Waals surface area contributed by atoms with E-state index in [9.17, 15) is 13.2 Å². The van der Waals surface area contributed by atoms with Gasteiger partial charge in [-0.25, -0.2) is 8.42 Å². The number of amides is 1. The molecule has 3 rings (SSSR count). The van der Waals surface area contributed by atoms with Gasteiger partial charge in [-0.3, -0.25) is 4.79 Å². The molecule has 0 spiro atoms. The molecule has 3 aromatic rings. The van der Waals surface area contributed by atoms with Crippen LogP contribution in [0.15, 0.2) is 65.6 Å². The number of fused-ring (bicyclic) bond motifs is 1. The van der Waals surface area contributed by atoms with E-state index in [1.807, 2.05) is 42.5 Å². The van der Waals surface area contributed by atoms with E-state index in [1.165, 1.54) is 36.5 Å². The summed E-state index contributed by atoms with van der Waals surface area (Å²) in [6.45, 7) is 1.58. The van der Waals surface area contributed by atoms with Gasteiger partial charge < -0.3 is 10.1 Å². The highest BCUT2D eigenvalue weighted by Gasteiger charge is 2.23. The molecule has 0 heterocycles. The van der Waals surface area contributed by atoms with Crippen molar-refractivity contribution in [2.24, 2.45) is 0 Å². The number of rotatable bonds is 6. The number of carbonyl (C=O) groups excluding carboxylic acids is 1. The van der Waals surface area contributed by atoms with Crippen LogP contribution in [-0.2, 0) is 21.4 Å². The Balaban J connectivity index is 1.94. The number of hydrogen-bond donors (Lipinski definition) is 1. The van der Waals surface area contributed by atoms with Crippen LogP contribution in [0.2, 0.25) is 0 Å². The quantitative estimate of drug-likeness (QED) is 0.688. The van der Waals surface area contributed by atoms with Crippen molar-refractivity contribution in [2.45, 2.75) is 18.4 Å². The minimum atomic E-state index is -3.76. The van der Waals surface area contributed by atoms with Gasteiger partial charge in [0.05, 0.1) is 17.7 Å². The fourth-order valence-corrected chi connectivity index (χ4v) is 4.25. The fourth-order valence-electron chi connectivity index (χ4n) is 3.07. The largest absolute Gasteiger partial charge is 0.495 e. The van der Waals surface area contributed by atoms with E-state index in [2.05, 4.69) is 5.32 Å². The predicted molar refractivity (Wildman–Crippen MR) is 110 cm³/mol. The number of anilines is 1. The standard InChI is InChI=1S/C21H22N2O4S/c1-15(24)22-20-13-18(11-12-21(20)27-3)28(25,26)23(2)14-17-9-6-8-16-7-4-5-10-19(16)17/h4-13H,14H2,1-3H3,(H,22,24). The van der Waals surface area contributed by atoms with Gasteiger partial charge in [-0.15, -0.1) is 0 Å². The van der Waals surface area contributed by atoms with E-state index in [4.69, 9.17) is 4.74 Å². The van der Waals surface area contributed by atoms with Crippen molar-refractivity contribution in [2.75, 3.05) is 19.5 Å². The molecular formula is C21H22N2O4S. The molecule has 0 atom stereocenters. The molecule has 0 unspecified atom stereocenters.